The third kappa shape index (κ3) is 4.82. The second kappa shape index (κ2) is 9.16. The van der Waals surface area contributed by atoms with Crippen molar-refractivity contribution in [1.29, 1.82) is 0 Å². The van der Waals surface area contributed by atoms with Crippen LogP contribution in [0.5, 0.6) is 0 Å². The molecule has 0 aromatic carbocycles. The Morgan fingerprint density at radius 2 is 2.11 bits per heavy atom. The Balaban J connectivity index is 2.79. The van der Waals surface area contributed by atoms with E-state index in [-0.39, 0.29) is 0 Å². The van der Waals surface area contributed by atoms with Crippen LogP contribution in [0.15, 0.2) is 11.4 Å². The summed E-state index contributed by atoms with van der Waals surface area (Å²) in [7, 11) is 1.72. The molecule has 0 amide bonds. The normalized spacial score (nSPS) is 10.6. The first-order valence-corrected chi connectivity index (χ1v) is 7.51. The van der Waals surface area contributed by atoms with E-state index in [1.54, 1.807) is 25.2 Å². The molecule has 18 heavy (non-hydrogen) atoms. The molecule has 1 rings (SSSR count). The summed E-state index contributed by atoms with van der Waals surface area (Å²) in [6.07, 6.45) is 4.86. The van der Waals surface area contributed by atoms with Gasteiger partial charge in [-0.05, 0) is 12.8 Å². The van der Waals surface area contributed by atoms with E-state index in [9.17, 15) is 0 Å². The molecule has 1 N–H and O–H groups in total. The van der Waals surface area contributed by atoms with Gasteiger partial charge in [0.15, 0.2) is 0 Å². The maximum atomic E-state index is 5.08. The Bertz CT molecular complexity index is 347. The van der Waals surface area contributed by atoms with Gasteiger partial charge in [-0.25, -0.2) is 9.97 Å². The van der Waals surface area contributed by atoms with Gasteiger partial charge in [0.2, 0.25) is 0 Å². The number of rotatable bonds is 9. The number of methoxy groups -OCH3 is 1. The molecule has 0 unspecified atom stereocenters. The van der Waals surface area contributed by atoms with Crippen molar-refractivity contribution < 1.29 is 4.74 Å². The quantitative estimate of drug-likeness (QED) is 0.424. The molecule has 0 saturated heterocycles. The van der Waals surface area contributed by atoms with E-state index >= 15 is 0 Å². The first kappa shape index (κ1) is 15.2. The lowest BCUT2D eigenvalue weighted by Gasteiger charge is -2.13. The van der Waals surface area contributed by atoms with Gasteiger partial charge in [-0.1, -0.05) is 20.3 Å². The molecule has 0 atom stereocenters. The third-order valence-corrected chi connectivity index (χ3v) is 3.47. The zero-order valence-corrected chi connectivity index (χ0v) is 12.3. The van der Waals surface area contributed by atoms with E-state index < -0.39 is 0 Å². The van der Waals surface area contributed by atoms with Gasteiger partial charge in [0.05, 0.1) is 6.61 Å². The standard InChI is InChI=1S/C13H23N3OS/c1-4-6-11-12(14-7-5-2)15-10-16-13(11)18-9-8-17-3/h10H,4-9H2,1-3H3,(H,14,15,16). The SMILES string of the molecule is CCCNc1ncnc(SCCOC)c1CCC. The van der Waals surface area contributed by atoms with E-state index in [0.717, 1.165) is 49.0 Å². The van der Waals surface area contributed by atoms with Gasteiger partial charge in [0.1, 0.15) is 17.2 Å². The Morgan fingerprint density at radius 1 is 1.28 bits per heavy atom. The number of nitrogens with one attached hydrogen (secondary N) is 1. The fraction of sp³-hybridized carbons (Fsp3) is 0.692. The second-order valence-corrected chi connectivity index (χ2v) is 5.11. The van der Waals surface area contributed by atoms with Crippen LogP contribution in [0, 0.1) is 0 Å². The Hall–Kier alpha value is -0.810. The van der Waals surface area contributed by atoms with Crippen LogP contribution in [0.25, 0.3) is 0 Å². The van der Waals surface area contributed by atoms with Crippen LogP contribution in [-0.4, -0.2) is 36.0 Å². The summed E-state index contributed by atoms with van der Waals surface area (Å²) >= 11 is 1.74. The number of hydrogen-bond donors (Lipinski definition) is 1. The van der Waals surface area contributed by atoms with Crippen molar-refractivity contribution in [2.45, 2.75) is 38.1 Å². The van der Waals surface area contributed by atoms with Crippen molar-refractivity contribution in [3.05, 3.63) is 11.9 Å². The average molecular weight is 269 g/mol. The van der Waals surface area contributed by atoms with Gasteiger partial charge >= 0.3 is 0 Å². The topological polar surface area (TPSA) is 47.0 Å². The number of aromatic nitrogens is 2. The molecule has 0 spiro atoms. The van der Waals surface area contributed by atoms with E-state index in [2.05, 4.69) is 29.1 Å². The summed E-state index contributed by atoms with van der Waals surface area (Å²) < 4.78 is 5.08. The fourth-order valence-electron chi connectivity index (χ4n) is 1.61. The van der Waals surface area contributed by atoms with Crippen LogP contribution in [0.3, 0.4) is 0 Å². The number of ether oxygens (including phenoxy) is 1. The Morgan fingerprint density at radius 3 is 2.78 bits per heavy atom. The molecule has 1 heterocycles. The highest BCUT2D eigenvalue weighted by molar-refractivity contribution is 7.99. The summed E-state index contributed by atoms with van der Waals surface area (Å²) in [6.45, 7) is 6.04. The Labute approximate surface area is 114 Å². The second-order valence-electron chi connectivity index (χ2n) is 4.02. The minimum atomic E-state index is 0.748. The first-order chi connectivity index (χ1) is 8.83. The largest absolute Gasteiger partial charge is 0.384 e. The minimum Gasteiger partial charge on any atom is -0.384 e. The van der Waals surface area contributed by atoms with Crippen LogP contribution in [0.4, 0.5) is 5.82 Å². The highest BCUT2D eigenvalue weighted by atomic mass is 32.2. The molecule has 1 aromatic rings. The van der Waals surface area contributed by atoms with Gasteiger partial charge < -0.3 is 10.1 Å². The summed E-state index contributed by atoms with van der Waals surface area (Å²) in [4.78, 5) is 8.75. The lowest BCUT2D eigenvalue weighted by Crippen LogP contribution is -2.08. The average Bonchev–Trinajstić information content (AvgIpc) is 2.39. The number of anilines is 1. The van der Waals surface area contributed by atoms with Crippen LogP contribution in [0.2, 0.25) is 0 Å². The maximum absolute atomic E-state index is 5.08. The van der Waals surface area contributed by atoms with Crippen molar-refractivity contribution >= 4 is 17.6 Å². The van der Waals surface area contributed by atoms with Crippen molar-refractivity contribution in [1.82, 2.24) is 9.97 Å². The molecule has 0 fully saturated rings. The zero-order chi connectivity index (χ0) is 13.2. The zero-order valence-electron chi connectivity index (χ0n) is 11.5. The molecular weight excluding hydrogens is 246 g/mol. The predicted octanol–water partition coefficient (Wildman–Crippen LogP) is 2.99. The van der Waals surface area contributed by atoms with Gasteiger partial charge in [0, 0.05) is 25.0 Å². The molecule has 102 valence electrons. The van der Waals surface area contributed by atoms with Gasteiger partial charge in [0.25, 0.3) is 0 Å². The van der Waals surface area contributed by atoms with Gasteiger partial charge in [-0.15, -0.1) is 11.8 Å². The van der Waals surface area contributed by atoms with Crippen LogP contribution >= 0.6 is 11.8 Å². The van der Waals surface area contributed by atoms with Crippen molar-refractivity contribution in [3.8, 4) is 0 Å². The van der Waals surface area contributed by atoms with Crippen LogP contribution in [0.1, 0.15) is 32.3 Å². The molecular formula is C13H23N3OS. The summed E-state index contributed by atoms with van der Waals surface area (Å²) in [6, 6.07) is 0. The summed E-state index contributed by atoms with van der Waals surface area (Å²) in [5.74, 6) is 1.92. The van der Waals surface area contributed by atoms with Crippen molar-refractivity contribution in [2.75, 3.05) is 31.3 Å². The van der Waals surface area contributed by atoms with Gasteiger partial charge in [-0.3, -0.25) is 0 Å². The molecule has 1 aromatic heterocycles. The summed E-state index contributed by atoms with van der Waals surface area (Å²) in [5.41, 5.74) is 1.24. The molecule has 5 heteroatoms. The van der Waals surface area contributed by atoms with Crippen LogP contribution in [-0.2, 0) is 11.2 Å². The molecule has 0 aliphatic carbocycles. The lowest BCUT2D eigenvalue weighted by atomic mass is 10.2. The Kier molecular flexibility index (Phi) is 7.76. The number of thioether (sulfide) groups is 1. The molecule has 0 radical (unpaired) electrons. The first-order valence-electron chi connectivity index (χ1n) is 6.52. The fourth-order valence-corrected chi connectivity index (χ4v) is 2.55. The number of hydrogen-bond acceptors (Lipinski definition) is 5. The lowest BCUT2D eigenvalue weighted by molar-refractivity contribution is 0.218. The van der Waals surface area contributed by atoms with Crippen LogP contribution < -0.4 is 5.32 Å². The molecule has 0 aliphatic rings. The predicted molar refractivity (Wildman–Crippen MR) is 77.4 cm³/mol. The van der Waals surface area contributed by atoms with E-state index in [0.29, 0.717) is 0 Å². The summed E-state index contributed by atoms with van der Waals surface area (Å²) in [5, 5.41) is 4.47. The van der Waals surface area contributed by atoms with E-state index in [1.165, 1.54) is 5.56 Å². The van der Waals surface area contributed by atoms with Gasteiger partial charge in [-0.2, -0.15) is 0 Å². The highest BCUT2D eigenvalue weighted by Gasteiger charge is 2.10. The molecule has 0 saturated carbocycles. The smallest absolute Gasteiger partial charge is 0.133 e. The number of nitrogens with zero attached hydrogens (tertiary/aromatic N) is 2. The van der Waals surface area contributed by atoms with E-state index in [1.807, 2.05) is 0 Å². The maximum Gasteiger partial charge on any atom is 0.133 e. The monoisotopic (exact) mass is 269 g/mol. The molecule has 4 nitrogen and oxygen atoms in total. The van der Waals surface area contributed by atoms with Crippen molar-refractivity contribution in [3.63, 3.8) is 0 Å². The highest BCUT2D eigenvalue weighted by Crippen LogP contribution is 2.26. The minimum absolute atomic E-state index is 0.748. The molecule has 0 bridgehead atoms. The van der Waals surface area contributed by atoms with Crippen molar-refractivity contribution in [2.24, 2.45) is 0 Å². The molecule has 0 aliphatic heterocycles. The third-order valence-electron chi connectivity index (χ3n) is 2.47. The van der Waals surface area contributed by atoms with E-state index in [4.69, 9.17) is 4.74 Å².